The van der Waals surface area contributed by atoms with Crippen molar-refractivity contribution in [3.8, 4) is 0 Å². The molecule has 0 aliphatic heterocycles. The van der Waals surface area contributed by atoms with Crippen molar-refractivity contribution in [1.29, 1.82) is 0 Å². The molecule has 0 rings (SSSR count). The maximum absolute atomic E-state index is 9.81. The lowest BCUT2D eigenvalue weighted by molar-refractivity contribution is 0.0250. The summed E-state index contributed by atoms with van der Waals surface area (Å²) in [5.41, 5.74) is -0.699. The molecule has 86 valence electrons. The minimum absolute atomic E-state index is 0.238. The topological polar surface area (TPSA) is 61.7 Å². The Kier molecular flexibility index (Phi) is 8.08. The molecular formula is C10H23NO3. The van der Waals surface area contributed by atoms with E-state index in [1.165, 1.54) is 0 Å². The number of nitrogens with one attached hydrogen (secondary N) is 1. The lowest BCUT2D eigenvalue weighted by Gasteiger charge is -2.23. The summed E-state index contributed by atoms with van der Waals surface area (Å²) in [5, 5.41) is 21.5. The van der Waals surface area contributed by atoms with Gasteiger partial charge in [-0.25, -0.2) is 0 Å². The molecule has 0 bridgehead atoms. The highest BCUT2D eigenvalue weighted by Gasteiger charge is 2.18. The van der Waals surface area contributed by atoms with Crippen molar-refractivity contribution in [2.24, 2.45) is 0 Å². The maximum atomic E-state index is 9.81. The van der Waals surface area contributed by atoms with Crippen LogP contribution in [0.1, 0.15) is 26.2 Å². The number of unbranched alkanes of at least 4 members (excludes halogenated alkanes) is 1. The first-order valence-corrected chi connectivity index (χ1v) is 5.15. The van der Waals surface area contributed by atoms with Crippen LogP contribution in [-0.4, -0.2) is 49.2 Å². The molecule has 0 fully saturated rings. The van der Waals surface area contributed by atoms with E-state index < -0.39 is 5.60 Å². The standard InChI is InChI=1S/C10H23NO3/c1-10(13,5-8-14-2)9-11-6-3-4-7-12/h11-13H,3-9H2,1-2H3. The van der Waals surface area contributed by atoms with Crippen LogP contribution in [0.5, 0.6) is 0 Å². The van der Waals surface area contributed by atoms with Crippen LogP contribution in [0, 0.1) is 0 Å². The van der Waals surface area contributed by atoms with Gasteiger partial charge in [0.05, 0.1) is 5.60 Å². The van der Waals surface area contributed by atoms with Crippen molar-refractivity contribution < 1.29 is 14.9 Å². The molecule has 0 radical (unpaired) electrons. The second-order valence-electron chi connectivity index (χ2n) is 3.85. The SMILES string of the molecule is COCCC(C)(O)CNCCCCO. The molecule has 4 nitrogen and oxygen atoms in total. The van der Waals surface area contributed by atoms with E-state index in [1.54, 1.807) is 14.0 Å². The maximum Gasteiger partial charge on any atom is 0.0765 e. The van der Waals surface area contributed by atoms with E-state index in [9.17, 15) is 5.11 Å². The second kappa shape index (κ2) is 8.17. The predicted octanol–water partition coefficient (Wildman–Crippen LogP) is 0.136. The van der Waals surface area contributed by atoms with Gasteiger partial charge in [-0.2, -0.15) is 0 Å². The van der Waals surface area contributed by atoms with E-state index in [0.717, 1.165) is 19.4 Å². The quantitative estimate of drug-likeness (QED) is 0.468. The summed E-state index contributed by atoms with van der Waals surface area (Å²) in [4.78, 5) is 0. The molecule has 0 aromatic heterocycles. The monoisotopic (exact) mass is 205 g/mol. The van der Waals surface area contributed by atoms with Crippen molar-refractivity contribution in [3.63, 3.8) is 0 Å². The minimum atomic E-state index is -0.699. The molecule has 3 N–H and O–H groups in total. The predicted molar refractivity (Wildman–Crippen MR) is 56.3 cm³/mol. The minimum Gasteiger partial charge on any atom is -0.396 e. The van der Waals surface area contributed by atoms with Crippen molar-refractivity contribution >= 4 is 0 Å². The highest BCUT2D eigenvalue weighted by molar-refractivity contribution is 4.74. The molecular weight excluding hydrogens is 182 g/mol. The zero-order valence-corrected chi connectivity index (χ0v) is 9.25. The molecule has 0 aliphatic rings. The van der Waals surface area contributed by atoms with E-state index >= 15 is 0 Å². The van der Waals surface area contributed by atoms with Gasteiger partial charge >= 0.3 is 0 Å². The third kappa shape index (κ3) is 8.44. The van der Waals surface area contributed by atoms with Gasteiger partial charge in [-0.1, -0.05) is 0 Å². The van der Waals surface area contributed by atoms with Gasteiger partial charge in [0.2, 0.25) is 0 Å². The molecule has 0 saturated carbocycles. The van der Waals surface area contributed by atoms with Crippen LogP contribution >= 0.6 is 0 Å². The van der Waals surface area contributed by atoms with Crippen molar-refractivity contribution in [3.05, 3.63) is 0 Å². The number of methoxy groups -OCH3 is 1. The first kappa shape index (κ1) is 13.8. The van der Waals surface area contributed by atoms with Gasteiger partial charge in [0, 0.05) is 33.3 Å². The summed E-state index contributed by atoms with van der Waals surface area (Å²) in [6, 6.07) is 0. The number of rotatable bonds is 9. The lowest BCUT2D eigenvalue weighted by atomic mass is 10.0. The average molecular weight is 205 g/mol. The number of aliphatic hydroxyl groups excluding tert-OH is 1. The van der Waals surface area contributed by atoms with Crippen LogP contribution < -0.4 is 5.32 Å². The Hall–Kier alpha value is -0.160. The van der Waals surface area contributed by atoms with E-state index in [4.69, 9.17) is 9.84 Å². The molecule has 4 heteroatoms. The van der Waals surface area contributed by atoms with Crippen LogP contribution in [0.15, 0.2) is 0 Å². The van der Waals surface area contributed by atoms with Crippen molar-refractivity contribution in [2.45, 2.75) is 31.8 Å². The Labute approximate surface area is 86.3 Å². The van der Waals surface area contributed by atoms with E-state index in [0.29, 0.717) is 19.6 Å². The number of hydrogen-bond donors (Lipinski definition) is 3. The Morgan fingerprint density at radius 2 is 2.07 bits per heavy atom. The summed E-state index contributed by atoms with van der Waals surface area (Å²) in [6.07, 6.45) is 2.39. The largest absolute Gasteiger partial charge is 0.396 e. The van der Waals surface area contributed by atoms with Gasteiger partial charge in [-0.3, -0.25) is 0 Å². The van der Waals surface area contributed by atoms with Crippen LogP contribution in [0.25, 0.3) is 0 Å². The Bertz CT molecular complexity index is 129. The third-order valence-electron chi connectivity index (χ3n) is 2.11. The van der Waals surface area contributed by atoms with Crippen LogP contribution in [0.3, 0.4) is 0 Å². The van der Waals surface area contributed by atoms with Gasteiger partial charge in [-0.05, 0) is 26.3 Å². The fourth-order valence-electron chi connectivity index (χ4n) is 1.13. The molecule has 0 aliphatic carbocycles. The summed E-state index contributed by atoms with van der Waals surface area (Å²) in [5.74, 6) is 0. The lowest BCUT2D eigenvalue weighted by Crippen LogP contribution is -2.39. The molecule has 14 heavy (non-hydrogen) atoms. The molecule has 0 aromatic carbocycles. The summed E-state index contributed by atoms with van der Waals surface area (Å²) in [6.45, 7) is 4.02. The summed E-state index contributed by atoms with van der Waals surface area (Å²) in [7, 11) is 1.63. The van der Waals surface area contributed by atoms with Crippen LogP contribution in [0.2, 0.25) is 0 Å². The van der Waals surface area contributed by atoms with Gasteiger partial charge in [0.25, 0.3) is 0 Å². The molecule has 0 spiro atoms. The van der Waals surface area contributed by atoms with Crippen molar-refractivity contribution in [2.75, 3.05) is 33.4 Å². The average Bonchev–Trinajstić information content (AvgIpc) is 2.15. The zero-order valence-electron chi connectivity index (χ0n) is 9.25. The Balaban J connectivity index is 3.35. The highest BCUT2D eigenvalue weighted by atomic mass is 16.5. The van der Waals surface area contributed by atoms with Gasteiger partial charge in [0.1, 0.15) is 0 Å². The summed E-state index contributed by atoms with van der Waals surface area (Å²) >= 11 is 0. The van der Waals surface area contributed by atoms with Gasteiger partial charge in [-0.15, -0.1) is 0 Å². The van der Waals surface area contributed by atoms with E-state index in [-0.39, 0.29) is 6.61 Å². The first-order valence-electron chi connectivity index (χ1n) is 5.15. The fraction of sp³-hybridized carbons (Fsp3) is 1.00. The number of ether oxygens (including phenoxy) is 1. The number of hydrogen-bond acceptors (Lipinski definition) is 4. The summed E-state index contributed by atoms with van der Waals surface area (Å²) < 4.78 is 4.90. The van der Waals surface area contributed by atoms with Crippen molar-refractivity contribution in [1.82, 2.24) is 5.32 Å². The fourth-order valence-corrected chi connectivity index (χ4v) is 1.13. The van der Waals surface area contributed by atoms with Crippen LogP contribution in [0.4, 0.5) is 0 Å². The van der Waals surface area contributed by atoms with E-state index in [2.05, 4.69) is 5.32 Å². The third-order valence-corrected chi connectivity index (χ3v) is 2.11. The van der Waals surface area contributed by atoms with E-state index in [1.807, 2.05) is 0 Å². The normalized spacial score (nSPS) is 15.4. The molecule has 0 saturated heterocycles. The smallest absolute Gasteiger partial charge is 0.0765 e. The molecule has 0 amide bonds. The highest BCUT2D eigenvalue weighted by Crippen LogP contribution is 2.07. The number of aliphatic hydroxyl groups is 2. The van der Waals surface area contributed by atoms with Gasteiger partial charge in [0.15, 0.2) is 0 Å². The zero-order chi connectivity index (χ0) is 10.9. The molecule has 1 unspecified atom stereocenters. The molecule has 1 atom stereocenters. The van der Waals surface area contributed by atoms with Gasteiger partial charge < -0.3 is 20.3 Å². The molecule has 0 heterocycles. The Morgan fingerprint density at radius 1 is 1.36 bits per heavy atom. The first-order chi connectivity index (χ1) is 6.62. The van der Waals surface area contributed by atoms with Crippen LogP contribution in [-0.2, 0) is 4.74 Å². The molecule has 0 aromatic rings. The Morgan fingerprint density at radius 3 is 2.64 bits per heavy atom. The second-order valence-corrected chi connectivity index (χ2v) is 3.85.